The van der Waals surface area contributed by atoms with E-state index in [0.717, 1.165) is 24.6 Å². The van der Waals surface area contributed by atoms with Gasteiger partial charge < -0.3 is 10.2 Å². The molecule has 1 aromatic rings. The van der Waals surface area contributed by atoms with E-state index in [4.69, 9.17) is 0 Å². The number of guanidine groups is 1. The standard InChI is InChI=1S/C17H24BrFN4.HI/c1-20-17(21-11-13-4-5-15(18)16(19)10-13)23-9-6-14(12-23)22-7-2-3-8-22;/h4-5,10,14H,2-3,6-9,11-12H2,1H3,(H,20,21);1H. The van der Waals surface area contributed by atoms with Crippen molar-refractivity contribution in [2.75, 3.05) is 33.2 Å². The van der Waals surface area contributed by atoms with Gasteiger partial charge in [-0.1, -0.05) is 6.07 Å². The second kappa shape index (κ2) is 9.33. The molecule has 1 unspecified atom stereocenters. The molecule has 2 fully saturated rings. The zero-order chi connectivity index (χ0) is 16.2. The number of nitrogens with zero attached hydrogens (tertiary/aromatic N) is 3. The average molecular weight is 511 g/mol. The van der Waals surface area contributed by atoms with Gasteiger partial charge in [-0.05, 0) is 66.0 Å². The van der Waals surface area contributed by atoms with E-state index in [9.17, 15) is 4.39 Å². The number of likely N-dealkylation sites (tertiary alicyclic amines) is 2. The van der Waals surface area contributed by atoms with Crippen LogP contribution >= 0.6 is 39.9 Å². The summed E-state index contributed by atoms with van der Waals surface area (Å²) in [4.78, 5) is 9.32. The minimum atomic E-state index is -0.227. The Morgan fingerprint density at radius 2 is 2.08 bits per heavy atom. The van der Waals surface area contributed by atoms with E-state index in [2.05, 4.69) is 36.0 Å². The molecule has 2 aliphatic heterocycles. The lowest BCUT2D eigenvalue weighted by Crippen LogP contribution is -2.42. The summed E-state index contributed by atoms with van der Waals surface area (Å²) < 4.78 is 14.1. The van der Waals surface area contributed by atoms with Gasteiger partial charge >= 0.3 is 0 Å². The van der Waals surface area contributed by atoms with Crippen molar-refractivity contribution in [1.82, 2.24) is 15.1 Å². The molecule has 0 amide bonds. The van der Waals surface area contributed by atoms with E-state index in [-0.39, 0.29) is 29.8 Å². The second-order valence-electron chi connectivity index (χ2n) is 6.28. The van der Waals surface area contributed by atoms with Crippen LogP contribution in [0.15, 0.2) is 27.7 Å². The molecule has 0 radical (unpaired) electrons. The fourth-order valence-electron chi connectivity index (χ4n) is 3.50. The van der Waals surface area contributed by atoms with Crippen LogP contribution in [0.25, 0.3) is 0 Å². The van der Waals surface area contributed by atoms with Crippen molar-refractivity contribution >= 4 is 45.9 Å². The van der Waals surface area contributed by atoms with E-state index in [1.807, 2.05) is 13.1 Å². The Bertz CT molecular complexity index is 578. The zero-order valence-electron chi connectivity index (χ0n) is 14.0. The molecule has 3 rings (SSSR count). The van der Waals surface area contributed by atoms with Gasteiger partial charge in [0, 0.05) is 32.7 Å². The summed E-state index contributed by atoms with van der Waals surface area (Å²) in [6, 6.07) is 5.88. The molecule has 0 aliphatic carbocycles. The first-order valence-electron chi connectivity index (χ1n) is 8.31. The fourth-order valence-corrected chi connectivity index (χ4v) is 3.75. The van der Waals surface area contributed by atoms with Crippen LogP contribution in [0.5, 0.6) is 0 Å². The molecule has 24 heavy (non-hydrogen) atoms. The SMILES string of the molecule is CN=C(NCc1ccc(Br)c(F)c1)N1CCC(N2CCCC2)C1.I. The summed E-state index contributed by atoms with van der Waals surface area (Å²) in [6.07, 6.45) is 3.87. The van der Waals surface area contributed by atoms with Crippen LogP contribution < -0.4 is 5.32 Å². The van der Waals surface area contributed by atoms with Gasteiger partial charge in [-0.3, -0.25) is 9.89 Å². The number of aliphatic imine (C=N–C) groups is 1. The van der Waals surface area contributed by atoms with Gasteiger partial charge in [0.1, 0.15) is 5.82 Å². The predicted octanol–water partition coefficient (Wildman–Crippen LogP) is 3.45. The summed E-state index contributed by atoms with van der Waals surface area (Å²) in [5, 5.41) is 3.36. The number of hydrogen-bond acceptors (Lipinski definition) is 2. The number of nitrogens with one attached hydrogen (secondary N) is 1. The molecule has 0 aromatic heterocycles. The summed E-state index contributed by atoms with van der Waals surface area (Å²) in [6.45, 7) is 5.14. The van der Waals surface area contributed by atoms with Gasteiger partial charge in [-0.15, -0.1) is 24.0 Å². The van der Waals surface area contributed by atoms with Crippen LogP contribution in [-0.2, 0) is 6.54 Å². The van der Waals surface area contributed by atoms with Crippen LogP contribution in [-0.4, -0.2) is 55.0 Å². The molecule has 2 saturated heterocycles. The summed E-state index contributed by atoms with van der Waals surface area (Å²) in [5.41, 5.74) is 0.919. The Kier molecular flexibility index (Phi) is 7.74. The third-order valence-electron chi connectivity index (χ3n) is 4.77. The molecule has 0 saturated carbocycles. The normalized spacial score (nSPS) is 21.9. The quantitative estimate of drug-likeness (QED) is 0.384. The lowest BCUT2D eigenvalue weighted by molar-refractivity contribution is 0.249. The molecule has 0 bridgehead atoms. The largest absolute Gasteiger partial charge is 0.352 e. The topological polar surface area (TPSA) is 30.9 Å². The fraction of sp³-hybridized carbons (Fsp3) is 0.588. The van der Waals surface area contributed by atoms with Gasteiger partial charge in [0.05, 0.1) is 4.47 Å². The number of hydrogen-bond donors (Lipinski definition) is 1. The van der Waals surface area contributed by atoms with Crippen molar-refractivity contribution in [3.05, 3.63) is 34.1 Å². The van der Waals surface area contributed by atoms with E-state index < -0.39 is 0 Å². The molecule has 2 heterocycles. The first-order valence-corrected chi connectivity index (χ1v) is 9.10. The molecular weight excluding hydrogens is 486 g/mol. The Hall–Kier alpha value is -0.410. The second-order valence-corrected chi connectivity index (χ2v) is 7.14. The lowest BCUT2D eigenvalue weighted by atomic mass is 10.2. The lowest BCUT2D eigenvalue weighted by Gasteiger charge is -2.25. The van der Waals surface area contributed by atoms with Gasteiger partial charge in [0.15, 0.2) is 5.96 Å². The summed E-state index contributed by atoms with van der Waals surface area (Å²) in [7, 11) is 1.81. The molecule has 134 valence electrons. The van der Waals surface area contributed by atoms with Gasteiger partial charge in [-0.2, -0.15) is 0 Å². The van der Waals surface area contributed by atoms with Crippen molar-refractivity contribution in [1.29, 1.82) is 0 Å². The summed E-state index contributed by atoms with van der Waals surface area (Å²) in [5.74, 6) is 0.685. The van der Waals surface area contributed by atoms with Crippen molar-refractivity contribution in [2.45, 2.75) is 31.8 Å². The molecule has 7 heteroatoms. The Morgan fingerprint density at radius 3 is 2.75 bits per heavy atom. The van der Waals surface area contributed by atoms with E-state index in [0.29, 0.717) is 17.1 Å². The van der Waals surface area contributed by atoms with Gasteiger partial charge in [-0.25, -0.2) is 4.39 Å². The molecule has 1 aromatic carbocycles. The first kappa shape index (κ1) is 19.9. The molecule has 2 aliphatic rings. The van der Waals surface area contributed by atoms with Gasteiger partial charge in [0.25, 0.3) is 0 Å². The molecular formula is C17H25BrFIN4. The molecule has 1 atom stereocenters. The highest BCUT2D eigenvalue weighted by Gasteiger charge is 2.30. The smallest absolute Gasteiger partial charge is 0.193 e. The van der Waals surface area contributed by atoms with Crippen LogP contribution in [0.4, 0.5) is 4.39 Å². The Labute approximate surface area is 169 Å². The highest BCUT2D eigenvalue weighted by molar-refractivity contribution is 14.0. The maximum atomic E-state index is 13.6. The Morgan fingerprint density at radius 1 is 1.33 bits per heavy atom. The third kappa shape index (κ3) is 4.82. The number of halogens is 3. The maximum Gasteiger partial charge on any atom is 0.193 e. The van der Waals surface area contributed by atoms with Crippen LogP contribution in [0.2, 0.25) is 0 Å². The minimum Gasteiger partial charge on any atom is -0.352 e. The monoisotopic (exact) mass is 510 g/mol. The Balaban J connectivity index is 0.00000208. The minimum absolute atomic E-state index is 0. The zero-order valence-corrected chi connectivity index (χ0v) is 17.9. The molecule has 4 nitrogen and oxygen atoms in total. The molecule has 0 spiro atoms. The summed E-state index contributed by atoms with van der Waals surface area (Å²) >= 11 is 3.18. The third-order valence-corrected chi connectivity index (χ3v) is 5.41. The average Bonchev–Trinajstić information content (AvgIpc) is 3.22. The van der Waals surface area contributed by atoms with Crippen molar-refractivity contribution in [2.24, 2.45) is 4.99 Å². The van der Waals surface area contributed by atoms with E-state index in [1.54, 1.807) is 12.1 Å². The van der Waals surface area contributed by atoms with Crippen LogP contribution in [0, 0.1) is 5.82 Å². The number of rotatable bonds is 3. The molecule has 1 N–H and O–H groups in total. The van der Waals surface area contributed by atoms with Crippen LogP contribution in [0.1, 0.15) is 24.8 Å². The number of benzene rings is 1. The van der Waals surface area contributed by atoms with Crippen molar-refractivity contribution in [3.63, 3.8) is 0 Å². The maximum absolute atomic E-state index is 13.6. The van der Waals surface area contributed by atoms with E-state index in [1.165, 1.54) is 32.4 Å². The predicted molar refractivity (Wildman–Crippen MR) is 110 cm³/mol. The van der Waals surface area contributed by atoms with E-state index >= 15 is 0 Å². The van der Waals surface area contributed by atoms with Gasteiger partial charge in [0.2, 0.25) is 0 Å². The van der Waals surface area contributed by atoms with Crippen LogP contribution in [0.3, 0.4) is 0 Å². The highest BCUT2D eigenvalue weighted by atomic mass is 127. The van der Waals surface area contributed by atoms with Crippen molar-refractivity contribution < 1.29 is 4.39 Å². The highest BCUT2D eigenvalue weighted by Crippen LogP contribution is 2.21. The van der Waals surface area contributed by atoms with Crippen molar-refractivity contribution in [3.8, 4) is 0 Å². The first-order chi connectivity index (χ1) is 11.2.